The molecule has 3 amide bonds. The minimum Gasteiger partial charge on any atom is -0.497 e. The van der Waals surface area contributed by atoms with E-state index in [4.69, 9.17) is 9.84 Å². The molecule has 3 unspecified atom stereocenters. The number of hydrogen-bond acceptors (Lipinski definition) is 8. The molecule has 0 bridgehead atoms. The summed E-state index contributed by atoms with van der Waals surface area (Å²) in [7, 11) is 4.91. The van der Waals surface area contributed by atoms with Gasteiger partial charge in [-0.25, -0.2) is 9.69 Å². The average molecular weight is 464 g/mol. The van der Waals surface area contributed by atoms with Crippen LogP contribution in [0.2, 0.25) is 0 Å². The number of imide groups is 1. The number of urea groups is 1. The van der Waals surface area contributed by atoms with Crippen molar-refractivity contribution in [3.05, 3.63) is 60.2 Å². The molecule has 3 heterocycles. The summed E-state index contributed by atoms with van der Waals surface area (Å²) in [5, 5.41) is 13.8. The summed E-state index contributed by atoms with van der Waals surface area (Å²) in [4.78, 5) is 30.6. The number of hydrazone groups is 1. The molecular formula is C24H29N7O3. The Hall–Kier alpha value is -3.63. The molecule has 3 atom stereocenters. The molecule has 0 saturated carbocycles. The van der Waals surface area contributed by atoms with Gasteiger partial charge in [-0.2, -0.15) is 5.10 Å². The molecular weight excluding hydrogens is 434 g/mol. The predicted octanol–water partition coefficient (Wildman–Crippen LogP) is 1.23. The number of anilines is 1. The summed E-state index contributed by atoms with van der Waals surface area (Å²) in [6.07, 6.45) is -0.714. The van der Waals surface area contributed by atoms with Gasteiger partial charge in [-0.1, -0.05) is 30.3 Å². The summed E-state index contributed by atoms with van der Waals surface area (Å²) in [5.41, 5.74) is 2.88. The molecule has 2 aromatic carbocycles. The molecule has 2 saturated heterocycles. The molecule has 5 rings (SSSR count). The lowest BCUT2D eigenvalue weighted by Crippen LogP contribution is -2.65. The van der Waals surface area contributed by atoms with Crippen LogP contribution in [0.5, 0.6) is 5.75 Å². The van der Waals surface area contributed by atoms with Gasteiger partial charge >= 0.3 is 6.03 Å². The third-order valence-electron chi connectivity index (χ3n) is 6.61. The van der Waals surface area contributed by atoms with Crippen LogP contribution in [-0.2, 0) is 4.79 Å². The summed E-state index contributed by atoms with van der Waals surface area (Å²) in [6.45, 7) is 1.74. The maximum absolute atomic E-state index is 13.1. The highest BCUT2D eigenvalue weighted by atomic mass is 16.5. The van der Waals surface area contributed by atoms with E-state index >= 15 is 0 Å². The van der Waals surface area contributed by atoms with Gasteiger partial charge in [0.2, 0.25) is 0 Å². The Morgan fingerprint density at radius 3 is 2.53 bits per heavy atom. The number of ether oxygens (including phenoxy) is 1. The number of amides is 3. The molecule has 2 N–H and O–H groups in total. The highest BCUT2D eigenvalue weighted by Crippen LogP contribution is 2.30. The first-order chi connectivity index (χ1) is 16.5. The van der Waals surface area contributed by atoms with Crippen LogP contribution in [0.15, 0.2) is 59.7 Å². The van der Waals surface area contributed by atoms with Crippen molar-refractivity contribution in [2.24, 2.45) is 5.10 Å². The fourth-order valence-electron chi connectivity index (χ4n) is 4.75. The summed E-state index contributed by atoms with van der Waals surface area (Å²) in [5.74, 6) is 0.606. The Bertz CT molecular complexity index is 1090. The number of methoxy groups -OCH3 is 1. The van der Waals surface area contributed by atoms with Crippen molar-refractivity contribution in [3.8, 4) is 5.75 Å². The van der Waals surface area contributed by atoms with E-state index in [2.05, 4.69) is 15.5 Å². The number of likely N-dealkylation sites (N-methyl/N-ethyl adjacent to an activating group) is 2. The van der Waals surface area contributed by atoms with Crippen LogP contribution >= 0.6 is 0 Å². The van der Waals surface area contributed by atoms with E-state index in [1.807, 2.05) is 59.6 Å². The van der Waals surface area contributed by atoms with Gasteiger partial charge in [0, 0.05) is 32.9 Å². The van der Waals surface area contributed by atoms with E-state index in [-0.39, 0.29) is 18.2 Å². The molecule has 2 aromatic rings. The maximum atomic E-state index is 13.1. The molecule has 0 radical (unpaired) electrons. The predicted molar refractivity (Wildman–Crippen MR) is 128 cm³/mol. The number of fused-ring (bicyclic) bond motifs is 3. The smallest absolute Gasteiger partial charge is 0.327 e. The minimum atomic E-state index is -0.482. The second kappa shape index (κ2) is 8.96. The third-order valence-corrected chi connectivity index (χ3v) is 6.61. The number of carbonyl (C=O) groups is 2. The molecule has 10 heteroatoms. The summed E-state index contributed by atoms with van der Waals surface area (Å²) in [6, 6.07) is 17.0. The topological polar surface area (TPSA) is 92.8 Å². The highest BCUT2D eigenvalue weighted by Gasteiger charge is 2.55. The Morgan fingerprint density at radius 1 is 1.09 bits per heavy atom. The van der Waals surface area contributed by atoms with Crippen LogP contribution in [0.25, 0.3) is 0 Å². The van der Waals surface area contributed by atoms with E-state index in [0.717, 1.165) is 22.7 Å². The standard InChI is InChI=1S/C24H29N7O3/c1-28-21-20(22(32)29(2)24(28)33)30-15-19(16-7-5-4-6-8-16)27-31(23(30)26-21)14-13-25-17-9-11-18(34-3)12-10-17/h4-12,20-21,23,25-26H,13-15H2,1-3H3. The van der Waals surface area contributed by atoms with Gasteiger partial charge in [0.1, 0.15) is 18.0 Å². The zero-order chi connectivity index (χ0) is 23.8. The van der Waals surface area contributed by atoms with E-state index < -0.39 is 12.2 Å². The molecule has 3 aliphatic rings. The third kappa shape index (κ3) is 3.84. The van der Waals surface area contributed by atoms with Crippen LogP contribution < -0.4 is 15.4 Å². The number of benzene rings is 2. The molecule has 3 aliphatic heterocycles. The second-order valence-corrected chi connectivity index (χ2v) is 8.62. The quantitative estimate of drug-likeness (QED) is 0.666. The van der Waals surface area contributed by atoms with Gasteiger partial charge in [-0.15, -0.1) is 0 Å². The fraction of sp³-hybridized carbons (Fsp3) is 0.375. The first kappa shape index (κ1) is 22.2. The first-order valence-electron chi connectivity index (χ1n) is 11.3. The molecule has 34 heavy (non-hydrogen) atoms. The zero-order valence-corrected chi connectivity index (χ0v) is 19.5. The van der Waals surface area contributed by atoms with Crippen molar-refractivity contribution in [2.75, 3.05) is 46.2 Å². The van der Waals surface area contributed by atoms with Crippen LogP contribution in [-0.4, -0.2) is 96.7 Å². The maximum Gasteiger partial charge on any atom is 0.327 e. The Kier molecular flexibility index (Phi) is 5.84. The van der Waals surface area contributed by atoms with Crippen molar-refractivity contribution < 1.29 is 14.3 Å². The van der Waals surface area contributed by atoms with Crippen molar-refractivity contribution in [1.82, 2.24) is 25.0 Å². The molecule has 0 spiro atoms. The summed E-state index contributed by atoms with van der Waals surface area (Å²) >= 11 is 0. The normalized spacial score (nSPS) is 24.6. The van der Waals surface area contributed by atoms with Crippen molar-refractivity contribution >= 4 is 23.3 Å². The number of nitrogens with zero attached hydrogens (tertiary/aromatic N) is 5. The minimum absolute atomic E-state index is 0.200. The number of hydrogen-bond donors (Lipinski definition) is 2. The van der Waals surface area contributed by atoms with E-state index in [0.29, 0.717) is 19.6 Å². The van der Waals surface area contributed by atoms with Crippen LogP contribution in [0.4, 0.5) is 10.5 Å². The fourth-order valence-corrected chi connectivity index (χ4v) is 4.75. The molecule has 0 aliphatic carbocycles. The lowest BCUT2D eigenvalue weighted by Gasteiger charge is -2.41. The van der Waals surface area contributed by atoms with E-state index in [1.54, 1.807) is 19.1 Å². The lowest BCUT2D eigenvalue weighted by atomic mass is 10.1. The monoisotopic (exact) mass is 463 g/mol. The molecule has 178 valence electrons. The van der Waals surface area contributed by atoms with E-state index in [9.17, 15) is 9.59 Å². The highest BCUT2D eigenvalue weighted by molar-refractivity contribution is 6.04. The Balaban J connectivity index is 1.39. The lowest BCUT2D eigenvalue weighted by molar-refractivity contribution is -0.137. The SMILES string of the molecule is COc1ccc(NCCN2N=C(c3ccccc3)CN3C4C(=O)N(C)C(=O)N(C)C4NC23)cc1. The van der Waals surface area contributed by atoms with Gasteiger partial charge in [-0.3, -0.25) is 20.0 Å². The zero-order valence-electron chi connectivity index (χ0n) is 19.5. The van der Waals surface area contributed by atoms with Gasteiger partial charge in [0.05, 0.1) is 19.4 Å². The van der Waals surface area contributed by atoms with Crippen molar-refractivity contribution in [1.29, 1.82) is 0 Å². The second-order valence-electron chi connectivity index (χ2n) is 8.62. The van der Waals surface area contributed by atoms with Crippen LogP contribution in [0.3, 0.4) is 0 Å². The van der Waals surface area contributed by atoms with Crippen LogP contribution in [0.1, 0.15) is 5.56 Å². The van der Waals surface area contributed by atoms with Gasteiger partial charge in [0.25, 0.3) is 5.91 Å². The molecule has 2 fully saturated rings. The van der Waals surface area contributed by atoms with Gasteiger partial charge in [0.15, 0.2) is 6.29 Å². The Labute approximate surface area is 198 Å². The van der Waals surface area contributed by atoms with Gasteiger partial charge in [-0.05, 0) is 29.8 Å². The summed E-state index contributed by atoms with van der Waals surface area (Å²) < 4.78 is 5.22. The average Bonchev–Trinajstić information content (AvgIpc) is 3.27. The number of nitrogens with one attached hydrogen (secondary N) is 2. The first-order valence-corrected chi connectivity index (χ1v) is 11.3. The van der Waals surface area contributed by atoms with Crippen molar-refractivity contribution in [2.45, 2.75) is 18.5 Å². The van der Waals surface area contributed by atoms with Crippen LogP contribution in [0, 0.1) is 0 Å². The number of carbonyl (C=O) groups excluding carboxylic acids is 2. The molecule has 10 nitrogen and oxygen atoms in total. The molecule has 0 aromatic heterocycles. The Morgan fingerprint density at radius 2 is 1.82 bits per heavy atom. The largest absolute Gasteiger partial charge is 0.497 e. The van der Waals surface area contributed by atoms with E-state index in [1.165, 1.54) is 11.9 Å². The number of rotatable bonds is 6. The van der Waals surface area contributed by atoms with Gasteiger partial charge < -0.3 is 15.0 Å². The van der Waals surface area contributed by atoms with Crippen molar-refractivity contribution in [3.63, 3.8) is 0 Å².